The Labute approximate surface area is 121 Å². The van der Waals surface area contributed by atoms with Crippen LogP contribution in [0.5, 0.6) is 0 Å². The molecule has 3 aliphatic heterocycles. The van der Waals surface area contributed by atoms with Gasteiger partial charge in [-0.15, -0.1) is 0 Å². The number of halogens is 1. The fraction of sp³-hybridized carbons (Fsp3) is 0.429. The third kappa shape index (κ3) is 2.18. The molecule has 6 nitrogen and oxygen atoms in total. The second-order valence-electron chi connectivity index (χ2n) is 5.54. The van der Waals surface area contributed by atoms with E-state index in [2.05, 4.69) is 19.9 Å². The molecule has 5 rings (SSSR count). The molecule has 110 valence electrons. The molecule has 3 fully saturated rings. The number of fused-ring (bicyclic) bond motifs is 3. The molecule has 2 bridgehead atoms. The Morgan fingerprint density at radius 1 is 1.24 bits per heavy atom. The van der Waals surface area contributed by atoms with Gasteiger partial charge in [-0.2, -0.15) is 4.98 Å². The minimum atomic E-state index is -0.375. The van der Waals surface area contributed by atoms with Crippen molar-refractivity contribution in [2.24, 2.45) is 0 Å². The zero-order valence-corrected chi connectivity index (χ0v) is 11.5. The number of nitrogens with two attached hydrogens (primary N) is 1. The number of rotatable bonds is 2. The summed E-state index contributed by atoms with van der Waals surface area (Å²) in [5.74, 6) is 0.651. The number of nitrogen functional groups attached to an aromatic ring is 1. The second-order valence-corrected chi connectivity index (χ2v) is 5.54. The Bertz CT molecular complexity index is 665. The standard InChI is InChI=1S/C14H16FN5O/c15-9-1-2-10(11(16)7-9)14-17-13(18-21-14)12-8-19-3-5-20(12)6-4-19/h1-2,7,12H,3-6,8,16H2. The van der Waals surface area contributed by atoms with Gasteiger partial charge in [-0.1, -0.05) is 5.16 Å². The zero-order chi connectivity index (χ0) is 14.4. The van der Waals surface area contributed by atoms with Gasteiger partial charge in [-0.3, -0.25) is 9.80 Å². The van der Waals surface area contributed by atoms with E-state index in [0.29, 0.717) is 23.0 Å². The highest BCUT2D eigenvalue weighted by Crippen LogP contribution is 2.30. The molecule has 1 aromatic heterocycles. The van der Waals surface area contributed by atoms with Gasteiger partial charge < -0.3 is 10.3 Å². The molecule has 0 amide bonds. The second kappa shape index (κ2) is 4.78. The molecule has 21 heavy (non-hydrogen) atoms. The van der Waals surface area contributed by atoms with E-state index in [-0.39, 0.29) is 11.9 Å². The Balaban J connectivity index is 1.64. The summed E-state index contributed by atoms with van der Waals surface area (Å²) in [5.41, 5.74) is 6.70. The maximum Gasteiger partial charge on any atom is 0.260 e. The first-order chi connectivity index (χ1) is 10.2. The Kier molecular flexibility index (Phi) is 2.90. The van der Waals surface area contributed by atoms with Crippen molar-refractivity contribution in [3.05, 3.63) is 29.8 Å². The monoisotopic (exact) mass is 289 g/mol. The third-order valence-electron chi connectivity index (χ3n) is 4.26. The Hall–Kier alpha value is -1.99. The first kappa shape index (κ1) is 12.7. The number of aromatic nitrogens is 2. The summed E-state index contributed by atoms with van der Waals surface area (Å²) >= 11 is 0. The maximum absolute atomic E-state index is 13.1. The van der Waals surface area contributed by atoms with Crippen LogP contribution in [0.2, 0.25) is 0 Å². The van der Waals surface area contributed by atoms with Gasteiger partial charge in [0.2, 0.25) is 0 Å². The highest BCUT2D eigenvalue weighted by molar-refractivity contribution is 5.70. The normalized spacial score (nSPS) is 28.0. The van der Waals surface area contributed by atoms with Crippen LogP contribution in [0, 0.1) is 5.82 Å². The molecule has 2 aromatic rings. The van der Waals surface area contributed by atoms with Crippen LogP contribution in [0.4, 0.5) is 10.1 Å². The largest absolute Gasteiger partial charge is 0.398 e. The molecule has 2 N–H and O–H groups in total. The van der Waals surface area contributed by atoms with Crippen molar-refractivity contribution in [1.82, 2.24) is 19.9 Å². The van der Waals surface area contributed by atoms with Gasteiger partial charge in [0, 0.05) is 38.4 Å². The number of piperazine rings is 3. The predicted octanol–water partition coefficient (Wildman–Crippen LogP) is 1.13. The van der Waals surface area contributed by atoms with Crippen LogP contribution in [0.1, 0.15) is 11.9 Å². The fourth-order valence-electron chi connectivity index (χ4n) is 3.07. The highest BCUT2D eigenvalue weighted by atomic mass is 19.1. The summed E-state index contributed by atoms with van der Waals surface area (Å²) in [6, 6.07) is 4.34. The van der Waals surface area contributed by atoms with Gasteiger partial charge in [0.05, 0.1) is 11.6 Å². The molecular weight excluding hydrogens is 273 g/mol. The van der Waals surface area contributed by atoms with Crippen LogP contribution in [0.3, 0.4) is 0 Å². The van der Waals surface area contributed by atoms with Crippen LogP contribution in [0.15, 0.2) is 22.7 Å². The fourth-order valence-corrected chi connectivity index (χ4v) is 3.07. The third-order valence-corrected chi connectivity index (χ3v) is 4.26. The van der Waals surface area contributed by atoms with Crippen molar-refractivity contribution in [3.8, 4) is 11.5 Å². The molecule has 7 heteroatoms. The van der Waals surface area contributed by atoms with Crippen LogP contribution in [-0.2, 0) is 0 Å². The summed E-state index contributed by atoms with van der Waals surface area (Å²) in [5, 5.41) is 4.09. The van der Waals surface area contributed by atoms with E-state index < -0.39 is 0 Å². The lowest BCUT2D eigenvalue weighted by Crippen LogP contribution is -2.57. The smallest absolute Gasteiger partial charge is 0.260 e. The number of hydrogen-bond acceptors (Lipinski definition) is 6. The molecule has 0 radical (unpaired) electrons. The summed E-state index contributed by atoms with van der Waals surface area (Å²) in [6.45, 7) is 5.20. The molecule has 0 aliphatic carbocycles. The number of hydrogen-bond donors (Lipinski definition) is 1. The first-order valence-corrected chi connectivity index (χ1v) is 7.06. The van der Waals surface area contributed by atoms with Gasteiger partial charge >= 0.3 is 0 Å². The molecular formula is C14H16FN5O. The van der Waals surface area contributed by atoms with E-state index in [1.807, 2.05) is 0 Å². The molecule has 0 spiro atoms. The Morgan fingerprint density at radius 2 is 2.05 bits per heavy atom. The van der Waals surface area contributed by atoms with Crippen molar-refractivity contribution < 1.29 is 8.91 Å². The van der Waals surface area contributed by atoms with Crippen molar-refractivity contribution >= 4 is 5.69 Å². The lowest BCUT2D eigenvalue weighted by atomic mass is 10.1. The quantitative estimate of drug-likeness (QED) is 0.836. The lowest BCUT2D eigenvalue weighted by molar-refractivity contribution is 0.00781. The van der Waals surface area contributed by atoms with Crippen LogP contribution in [0.25, 0.3) is 11.5 Å². The van der Waals surface area contributed by atoms with Crippen LogP contribution in [-0.4, -0.2) is 52.7 Å². The van der Waals surface area contributed by atoms with E-state index in [1.165, 1.54) is 12.1 Å². The average molecular weight is 289 g/mol. The van der Waals surface area contributed by atoms with Crippen molar-refractivity contribution in [1.29, 1.82) is 0 Å². The molecule has 4 heterocycles. The summed E-state index contributed by atoms with van der Waals surface area (Å²) < 4.78 is 18.4. The van der Waals surface area contributed by atoms with E-state index in [1.54, 1.807) is 6.07 Å². The van der Waals surface area contributed by atoms with Gasteiger partial charge in [0.15, 0.2) is 5.82 Å². The number of benzene rings is 1. The summed E-state index contributed by atoms with van der Waals surface area (Å²) in [7, 11) is 0. The number of nitrogens with zero attached hydrogens (tertiary/aromatic N) is 4. The maximum atomic E-state index is 13.1. The predicted molar refractivity (Wildman–Crippen MR) is 74.9 cm³/mol. The first-order valence-electron chi connectivity index (χ1n) is 7.06. The van der Waals surface area contributed by atoms with Crippen molar-refractivity contribution in [2.75, 3.05) is 38.5 Å². The van der Waals surface area contributed by atoms with E-state index in [4.69, 9.17) is 10.3 Å². The molecule has 3 saturated heterocycles. The molecule has 1 unspecified atom stereocenters. The number of anilines is 1. The van der Waals surface area contributed by atoms with Crippen LogP contribution < -0.4 is 5.73 Å². The van der Waals surface area contributed by atoms with Crippen LogP contribution >= 0.6 is 0 Å². The zero-order valence-electron chi connectivity index (χ0n) is 11.5. The minimum Gasteiger partial charge on any atom is -0.398 e. The van der Waals surface area contributed by atoms with Crippen molar-refractivity contribution in [2.45, 2.75) is 6.04 Å². The lowest BCUT2D eigenvalue weighted by Gasteiger charge is -2.46. The summed E-state index contributed by atoms with van der Waals surface area (Å²) in [4.78, 5) is 9.25. The SMILES string of the molecule is Nc1cc(F)ccc1-c1nc(C2CN3CCN2CC3)no1. The molecule has 1 atom stereocenters. The molecule has 3 aliphatic rings. The van der Waals surface area contributed by atoms with E-state index >= 15 is 0 Å². The van der Waals surface area contributed by atoms with Gasteiger partial charge in [0.25, 0.3) is 5.89 Å². The topological polar surface area (TPSA) is 71.4 Å². The van der Waals surface area contributed by atoms with Gasteiger partial charge in [0.1, 0.15) is 5.82 Å². The van der Waals surface area contributed by atoms with Gasteiger partial charge in [-0.25, -0.2) is 4.39 Å². The minimum absolute atomic E-state index is 0.173. The average Bonchev–Trinajstić information content (AvgIpc) is 2.98. The van der Waals surface area contributed by atoms with E-state index in [9.17, 15) is 4.39 Å². The van der Waals surface area contributed by atoms with Crippen molar-refractivity contribution in [3.63, 3.8) is 0 Å². The van der Waals surface area contributed by atoms with Gasteiger partial charge in [-0.05, 0) is 18.2 Å². The highest BCUT2D eigenvalue weighted by Gasteiger charge is 2.35. The molecule has 1 aromatic carbocycles. The Morgan fingerprint density at radius 3 is 2.71 bits per heavy atom. The molecule has 0 saturated carbocycles. The van der Waals surface area contributed by atoms with E-state index in [0.717, 1.165) is 32.7 Å². The summed E-state index contributed by atoms with van der Waals surface area (Å²) in [6.07, 6.45) is 0.